The predicted octanol–water partition coefficient (Wildman–Crippen LogP) is 4.01. The van der Waals surface area contributed by atoms with Crippen molar-refractivity contribution in [3.8, 4) is 0 Å². The highest BCUT2D eigenvalue weighted by atomic mass is 16.2. The van der Waals surface area contributed by atoms with E-state index in [0.717, 1.165) is 11.1 Å². The SMILES string of the molecule is Cc1ccc(CC(=O)C2(C(=O)Cc3ccc(C)cc3)CC2)cc1. The van der Waals surface area contributed by atoms with Crippen LogP contribution < -0.4 is 0 Å². The number of carbonyl (C=O) groups excluding carboxylic acids is 2. The van der Waals surface area contributed by atoms with E-state index in [2.05, 4.69) is 0 Å². The number of ketones is 2. The summed E-state index contributed by atoms with van der Waals surface area (Å²) in [5.74, 6) is 0.164. The zero-order valence-electron chi connectivity index (χ0n) is 13.8. The summed E-state index contributed by atoms with van der Waals surface area (Å²) >= 11 is 0. The normalized spacial score (nSPS) is 15.2. The third-order valence-electron chi connectivity index (χ3n) is 4.79. The largest absolute Gasteiger partial charge is 0.298 e. The molecule has 0 atom stereocenters. The van der Waals surface area contributed by atoms with E-state index in [4.69, 9.17) is 0 Å². The highest BCUT2D eigenvalue weighted by Gasteiger charge is 2.54. The van der Waals surface area contributed by atoms with Crippen molar-refractivity contribution in [1.29, 1.82) is 0 Å². The molecule has 2 heteroatoms. The number of carbonyl (C=O) groups is 2. The van der Waals surface area contributed by atoms with Crippen LogP contribution in [0.15, 0.2) is 48.5 Å². The van der Waals surface area contributed by atoms with Crippen molar-refractivity contribution < 1.29 is 9.59 Å². The molecule has 0 saturated heterocycles. The lowest BCUT2D eigenvalue weighted by Gasteiger charge is -2.13. The van der Waals surface area contributed by atoms with Crippen molar-refractivity contribution in [2.45, 2.75) is 39.5 Å². The average Bonchev–Trinajstić information content (AvgIpc) is 3.34. The van der Waals surface area contributed by atoms with Crippen molar-refractivity contribution in [2.24, 2.45) is 5.41 Å². The summed E-state index contributed by atoms with van der Waals surface area (Å²) in [6, 6.07) is 16.0. The molecule has 118 valence electrons. The number of Topliss-reactive ketones (excluding diaryl/α,β-unsaturated/α-hetero) is 2. The molecule has 0 unspecified atom stereocenters. The van der Waals surface area contributed by atoms with Crippen LogP contribution >= 0.6 is 0 Å². The zero-order chi connectivity index (χ0) is 16.4. The summed E-state index contributed by atoms with van der Waals surface area (Å²) in [5, 5.41) is 0. The lowest BCUT2D eigenvalue weighted by molar-refractivity contribution is -0.133. The van der Waals surface area contributed by atoms with Gasteiger partial charge in [-0.1, -0.05) is 59.7 Å². The molecule has 2 aromatic carbocycles. The molecule has 1 aliphatic rings. The van der Waals surface area contributed by atoms with E-state index in [-0.39, 0.29) is 11.6 Å². The van der Waals surface area contributed by atoms with Crippen LogP contribution in [0.3, 0.4) is 0 Å². The Morgan fingerprint density at radius 2 is 1.09 bits per heavy atom. The molecule has 0 aliphatic heterocycles. The minimum absolute atomic E-state index is 0.0819. The van der Waals surface area contributed by atoms with Crippen LogP contribution in [0.1, 0.15) is 35.1 Å². The number of hydrogen-bond donors (Lipinski definition) is 0. The standard InChI is InChI=1S/C21H22O2/c1-15-3-7-17(8-4-15)13-19(22)21(11-12-21)20(23)14-18-9-5-16(2)6-10-18/h3-10H,11-14H2,1-2H3. The first-order chi connectivity index (χ1) is 11.0. The fourth-order valence-electron chi connectivity index (χ4n) is 2.96. The fourth-order valence-corrected chi connectivity index (χ4v) is 2.96. The first kappa shape index (κ1) is 15.7. The molecule has 3 rings (SSSR count). The quantitative estimate of drug-likeness (QED) is 0.756. The molecule has 0 radical (unpaired) electrons. The van der Waals surface area contributed by atoms with Gasteiger partial charge in [-0.15, -0.1) is 0 Å². The minimum atomic E-state index is -0.713. The molecular weight excluding hydrogens is 284 g/mol. The van der Waals surface area contributed by atoms with Crippen LogP contribution in [0.2, 0.25) is 0 Å². The van der Waals surface area contributed by atoms with Gasteiger partial charge in [-0.3, -0.25) is 9.59 Å². The third kappa shape index (κ3) is 3.42. The van der Waals surface area contributed by atoms with E-state index >= 15 is 0 Å². The van der Waals surface area contributed by atoms with Crippen molar-refractivity contribution in [3.05, 3.63) is 70.8 Å². The van der Waals surface area contributed by atoms with Gasteiger partial charge in [-0.25, -0.2) is 0 Å². The van der Waals surface area contributed by atoms with Crippen LogP contribution in [0.4, 0.5) is 0 Å². The summed E-state index contributed by atoms with van der Waals surface area (Å²) in [5.41, 5.74) is 3.64. The molecule has 1 saturated carbocycles. The molecular formula is C21H22O2. The summed E-state index contributed by atoms with van der Waals surface area (Å²) in [7, 11) is 0. The van der Waals surface area contributed by atoms with E-state index in [1.54, 1.807) is 0 Å². The zero-order valence-corrected chi connectivity index (χ0v) is 13.8. The molecule has 1 fully saturated rings. The Hall–Kier alpha value is -2.22. The molecule has 2 aromatic rings. The van der Waals surface area contributed by atoms with Gasteiger partial charge in [0.1, 0.15) is 0 Å². The molecule has 0 amide bonds. The Bertz CT molecular complexity index is 658. The number of hydrogen-bond acceptors (Lipinski definition) is 2. The van der Waals surface area contributed by atoms with Crippen LogP contribution in [0.5, 0.6) is 0 Å². The van der Waals surface area contributed by atoms with Crippen molar-refractivity contribution in [3.63, 3.8) is 0 Å². The van der Waals surface area contributed by atoms with Gasteiger partial charge < -0.3 is 0 Å². The van der Waals surface area contributed by atoms with Crippen LogP contribution in [-0.4, -0.2) is 11.6 Å². The summed E-state index contributed by atoms with van der Waals surface area (Å²) in [6.07, 6.45) is 2.14. The van der Waals surface area contributed by atoms with E-state index in [0.29, 0.717) is 25.7 Å². The maximum absolute atomic E-state index is 12.6. The van der Waals surface area contributed by atoms with Gasteiger partial charge in [0.05, 0.1) is 5.41 Å². The van der Waals surface area contributed by atoms with Gasteiger partial charge >= 0.3 is 0 Å². The first-order valence-electron chi connectivity index (χ1n) is 8.17. The predicted molar refractivity (Wildman–Crippen MR) is 91.4 cm³/mol. The molecule has 2 nitrogen and oxygen atoms in total. The van der Waals surface area contributed by atoms with Crippen molar-refractivity contribution in [1.82, 2.24) is 0 Å². The van der Waals surface area contributed by atoms with Gasteiger partial charge in [0.25, 0.3) is 0 Å². The Morgan fingerprint density at radius 1 is 0.739 bits per heavy atom. The third-order valence-corrected chi connectivity index (χ3v) is 4.79. The number of rotatable bonds is 6. The van der Waals surface area contributed by atoms with Gasteiger partial charge in [-0.05, 0) is 37.8 Å². The molecule has 23 heavy (non-hydrogen) atoms. The molecule has 0 heterocycles. The Labute approximate surface area is 137 Å². The van der Waals surface area contributed by atoms with Gasteiger partial charge in [-0.2, -0.15) is 0 Å². The smallest absolute Gasteiger partial charge is 0.150 e. The second kappa shape index (κ2) is 6.11. The van der Waals surface area contributed by atoms with Crippen molar-refractivity contribution >= 4 is 11.6 Å². The summed E-state index contributed by atoms with van der Waals surface area (Å²) < 4.78 is 0. The molecule has 0 aromatic heterocycles. The van der Waals surface area contributed by atoms with E-state index in [1.807, 2.05) is 62.4 Å². The monoisotopic (exact) mass is 306 g/mol. The van der Waals surface area contributed by atoms with E-state index in [9.17, 15) is 9.59 Å². The van der Waals surface area contributed by atoms with Gasteiger partial charge in [0.15, 0.2) is 11.6 Å². The summed E-state index contributed by atoms with van der Waals surface area (Å²) in [4.78, 5) is 25.3. The van der Waals surface area contributed by atoms with E-state index in [1.165, 1.54) is 11.1 Å². The maximum Gasteiger partial charge on any atom is 0.150 e. The molecule has 0 N–H and O–H groups in total. The lowest BCUT2D eigenvalue weighted by atomic mass is 9.87. The lowest BCUT2D eigenvalue weighted by Crippen LogP contribution is -2.28. The Balaban J connectivity index is 1.68. The Kier molecular flexibility index (Phi) is 4.16. The van der Waals surface area contributed by atoms with Crippen LogP contribution in [-0.2, 0) is 22.4 Å². The number of aryl methyl sites for hydroxylation is 2. The van der Waals surface area contributed by atoms with Crippen LogP contribution in [0, 0.1) is 19.3 Å². The molecule has 0 bridgehead atoms. The molecule has 1 aliphatic carbocycles. The van der Waals surface area contributed by atoms with E-state index < -0.39 is 5.41 Å². The fraction of sp³-hybridized carbons (Fsp3) is 0.333. The highest BCUT2D eigenvalue weighted by Crippen LogP contribution is 2.48. The van der Waals surface area contributed by atoms with Gasteiger partial charge in [0, 0.05) is 12.8 Å². The average molecular weight is 306 g/mol. The van der Waals surface area contributed by atoms with Crippen molar-refractivity contribution in [2.75, 3.05) is 0 Å². The topological polar surface area (TPSA) is 34.1 Å². The first-order valence-corrected chi connectivity index (χ1v) is 8.17. The highest BCUT2D eigenvalue weighted by molar-refractivity contribution is 6.10. The second-order valence-corrected chi connectivity index (χ2v) is 6.75. The minimum Gasteiger partial charge on any atom is -0.298 e. The second-order valence-electron chi connectivity index (χ2n) is 6.75. The Morgan fingerprint density at radius 3 is 1.39 bits per heavy atom. The maximum atomic E-state index is 12.6. The molecule has 0 spiro atoms. The summed E-state index contributed by atoms with van der Waals surface area (Å²) in [6.45, 7) is 4.05. The number of benzene rings is 2. The van der Waals surface area contributed by atoms with Crippen LogP contribution in [0.25, 0.3) is 0 Å². The van der Waals surface area contributed by atoms with Gasteiger partial charge in [0.2, 0.25) is 0 Å².